The Kier molecular flexibility index (Phi) is 4.58. The molecule has 3 heterocycles. The Bertz CT molecular complexity index is 1130. The molecule has 3 aromatic heterocycles. The van der Waals surface area contributed by atoms with Gasteiger partial charge in [0, 0.05) is 39.0 Å². The Balaban J connectivity index is 0.00000160. The number of hydrogen-bond donors (Lipinski definition) is 1. The molecule has 1 aromatic carbocycles. The monoisotopic (exact) mass is 396 g/mol. The van der Waals surface area contributed by atoms with Crippen LogP contribution in [0.15, 0.2) is 51.7 Å². The molecule has 0 saturated heterocycles. The Morgan fingerprint density at radius 3 is 2.54 bits per heavy atom. The molecule has 1 amide bonds. The smallest absolute Gasteiger partial charge is 0.270 e. The normalized spacial score (nSPS) is 10.8. The van der Waals surface area contributed by atoms with Gasteiger partial charge in [0.15, 0.2) is 11.5 Å². The fourth-order valence-corrected chi connectivity index (χ4v) is 3.19. The van der Waals surface area contributed by atoms with Gasteiger partial charge in [0.25, 0.3) is 11.8 Å². The van der Waals surface area contributed by atoms with Crippen LogP contribution in [0.2, 0.25) is 0 Å². The van der Waals surface area contributed by atoms with Crippen molar-refractivity contribution >= 4 is 23.1 Å². The number of nitrogens with zero attached hydrogens (tertiary/aromatic N) is 5. The minimum absolute atomic E-state index is 0. The number of nitrogens with two attached hydrogens (primary N) is 1. The molecular formula is C19H20N6O2S. The molecule has 0 radical (unpaired) electrons. The van der Waals surface area contributed by atoms with E-state index in [0.29, 0.717) is 22.8 Å². The summed E-state index contributed by atoms with van der Waals surface area (Å²) in [4.78, 5) is 22.3. The zero-order valence-corrected chi connectivity index (χ0v) is 16.0. The van der Waals surface area contributed by atoms with Gasteiger partial charge in [-0.1, -0.05) is 12.1 Å². The molecule has 144 valence electrons. The van der Waals surface area contributed by atoms with Gasteiger partial charge in [0.05, 0.1) is 11.9 Å². The third-order valence-electron chi connectivity index (χ3n) is 4.03. The first kappa shape index (κ1) is 17.8. The summed E-state index contributed by atoms with van der Waals surface area (Å²) >= 11 is 1.54. The molecule has 0 unspecified atom stereocenters. The summed E-state index contributed by atoms with van der Waals surface area (Å²) in [6.07, 6.45) is 1.57. The van der Waals surface area contributed by atoms with Gasteiger partial charge in [-0.3, -0.25) is 4.79 Å². The van der Waals surface area contributed by atoms with E-state index in [-0.39, 0.29) is 20.5 Å². The van der Waals surface area contributed by atoms with Gasteiger partial charge in [0.2, 0.25) is 5.89 Å². The van der Waals surface area contributed by atoms with E-state index >= 15 is 0 Å². The van der Waals surface area contributed by atoms with Crippen LogP contribution in [-0.2, 0) is 0 Å². The zero-order chi connectivity index (χ0) is 19.7. The number of benzene rings is 1. The van der Waals surface area contributed by atoms with E-state index in [2.05, 4.69) is 20.2 Å². The minimum Gasteiger partial charge on any atom is -0.414 e. The van der Waals surface area contributed by atoms with Crippen LogP contribution in [0.4, 0.5) is 5.82 Å². The maximum Gasteiger partial charge on any atom is 0.270 e. The first-order valence-corrected chi connectivity index (χ1v) is 9.28. The van der Waals surface area contributed by atoms with E-state index in [4.69, 9.17) is 10.2 Å². The lowest BCUT2D eigenvalue weighted by atomic mass is 10.1. The van der Waals surface area contributed by atoms with Crippen molar-refractivity contribution in [1.82, 2.24) is 25.1 Å². The highest BCUT2D eigenvalue weighted by atomic mass is 32.1. The number of rotatable bonds is 4. The third-order valence-corrected chi connectivity index (χ3v) is 4.71. The molecule has 0 atom stereocenters. The van der Waals surface area contributed by atoms with Crippen molar-refractivity contribution in [1.29, 1.82) is 0 Å². The molecule has 28 heavy (non-hydrogen) atoms. The molecule has 2 N–H and O–H groups in total. The summed E-state index contributed by atoms with van der Waals surface area (Å²) in [5.41, 5.74) is 9.11. The highest BCUT2D eigenvalue weighted by Gasteiger charge is 2.17. The molecule has 4 rings (SSSR count). The second kappa shape index (κ2) is 7.20. The Labute approximate surface area is 167 Å². The van der Waals surface area contributed by atoms with E-state index < -0.39 is 0 Å². The van der Waals surface area contributed by atoms with Crippen molar-refractivity contribution in [3.63, 3.8) is 0 Å². The Morgan fingerprint density at radius 2 is 1.86 bits per heavy atom. The number of nitrogen functional groups attached to an aromatic ring is 1. The maximum absolute atomic E-state index is 12.0. The van der Waals surface area contributed by atoms with Gasteiger partial charge in [-0.2, -0.15) is 11.3 Å². The Hall–Kier alpha value is -3.59. The lowest BCUT2D eigenvalue weighted by Crippen LogP contribution is -2.21. The van der Waals surface area contributed by atoms with Crippen molar-refractivity contribution < 1.29 is 12.1 Å². The predicted molar refractivity (Wildman–Crippen MR) is 111 cm³/mol. The van der Waals surface area contributed by atoms with E-state index in [1.54, 1.807) is 32.4 Å². The summed E-state index contributed by atoms with van der Waals surface area (Å²) in [6.45, 7) is 0. The topological polar surface area (TPSA) is 111 Å². The number of carbonyl (C=O) groups excluding carboxylic acids is 1. The summed E-state index contributed by atoms with van der Waals surface area (Å²) in [5.74, 6) is 0.730. The van der Waals surface area contributed by atoms with Gasteiger partial charge in [-0.15, -0.1) is 10.2 Å². The van der Waals surface area contributed by atoms with E-state index in [9.17, 15) is 4.79 Å². The van der Waals surface area contributed by atoms with Crippen LogP contribution in [0.3, 0.4) is 0 Å². The number of anilines is 1. The molecule has 9 heteroatoms. The van der Waals surface area contributed by atoms with Crippen molar-refractivity contribution in [2.45, 2.75) is 0 Å². The van der Waals surface area contributed by atoms with Crippen LogP contribution in [0.25, 0.3) is 34.3 Å². The quantitative estimate of drug-likeness (QED) is 0.560. The maximum atomic E-state index is 12.0. The highest BCUT2D eigenvalue weighted by Crippen LogP contribution is 2.28. The van der Waals surface area contributed by atoms with Gasteiger partial charge in [-0.05, 0) is 23.6 Å². The number of thiophene rings is 1. The van der Waals surface area contributed by atoms with Crippen molar-refractivity contribution in [3.8, 4) is 34.3 Å². The number of hydrogen-bond acceptors (Lipinski definition) is 8. The molecule has 0 aliphatic heterocycles. The summed E-state index contributed by atoms with van der Waals surface area (Å²) in [5, 5.41) is 11.9. The van der Waals surface area contributed by atoms with Crippen molar-refractivity contribution in [2.75, 3.05) is 19.8 Å². The SMILES string of the molecule is CN(C)C(=O)c1ccc(-c2cnc(N)c(-c3nnc(-c4ccsc4)o3)n2)cc1.[HH].[HH]. The molecule has 0 aliphatic carbocycles. The molecule has 4 aromatic rings. The molecular weight excluding hydrogens is 376 g/mol. The minimum atomic E-state index is -0.0672. The Morgan fingerprint density at radius 1 is 1.11 bits per heavy atom. The fourth-order valence-electron chi connectivity index (χ4n) is 2.56. The van der Waals surface area contributed by atoms with Crippen LogP contribution in [0.5, 0.6) is 0 Å². The van der Waals surface area contributed by atoms with Gasteiger partial charge < -0.3 is 15.1 Å². The number of aromatic nitrogens is 4. The van der Waals surface area contributed by atoms with Gasteiger partial charge >= 0.3 is 0 Å². The van der Waals surface area contributed by atoms with Crippen LogP contribution in [0, 0.1) is 0 Å². The van der Waals surface area contributed by atoms with Crippen LogP contribution >= 0.6 is 11.3 Å². The predicted octanol–water partition coefficient (Wildman–Crippen LogP) is 3.70. The van der Waals surface area contributed by atoms with E-state index in [1.165, 1.54) is 16.2 Å². The summed E-state index contributed by atoms with van der Waals surface area (Å²) < 4.78 is 5.71. The second-order valence-electron chi connectivity index (χ2n) is 6.19. The standard InChI is InChI=1S/C19H16N6O2S.2H2/c1-25(2)19(26)12-5-3-11(4-6-12)14-9-21-16(20)15(22-14)18-24-23-17(27-18)13-7-8-28-10-13;;/h3-10H,1-2H3,(H2,20,21);2*1H. The first-order chi connectivity index (χ1) is 13.5. The van der Waals surface area contributed by atoms with E-state index in [0.717, 1.165) is 11.1 Å². The first-order valence-electron chi connectivity index (χ1n) is 8.34. The fraction of sp³-hybridized carbons (Fsp3) is 0.105. The molecule has 0 spiro atoms. The van der Waals surface area contributed by atoms with Crippen LogP contribution < -0.4 is 5.73 Å². The van der Waals surface area contributed by atoms with E-state index in [1.807, 2.05) is 29.0 Å². The van der Waals surface area contributed by atoms with Crippen LogP contribution in [0.1, 0.15) is 13.2 Å². The lowest BCUT2D eigenvalue weighted by Gasteiger charge is -2.10. The molecule has 0 saturated carbocycles. The van der Waals surface area contributed by atoms with Gasteiger partial charge in [-0.25, -0.2) is 9.97 Å². The highest BCUT2D eigenvalue weighted by molar-refractivity contribution is 7.08. The number of amides is 1. The van der Waals surface area contributed by atoms with Crippen molar-refractivity contribution in [2.24, 2.45) is 0 Å². The molecule has 8 nitrogen and oxygen atoms in total. The average Bonchev–Trinajstić information content (AvgIpc) is 3.39. The summed E-state index contributed by atoms with van der Waals surface area (Å²) in [7, 11) is 3.42. The third kappa shape index (κ3) is 3.35. The summed E-state index contributed by atoms with van der Waals surface area (Å²) in [6, 6.07) is 9.01. The number of carbonyl (C=O) groups is 1. The average molecular weight is 396 g/mol. The van der Waals surface area contributed by atoms with Crippen LogP contribution in [-0.4, -0.2) is 45.1 Å². The largest absolute Gasteiger partial charge is 0.414 e. The molecule has 0 bridgehead atoms. The van der Waals surface area contributed by atoms with Gasteiger partial charge in [0.1, 0.15) is 0 Å². The van der Waals surface area contributed by atoms with Crippen molar-refractivity contribution in [3.05, 3.63) is 52.9 Å². The second-order valence-corrected chi connectivity index (χ2v) is 6.97. The lowest BCUT2D eigenvalue weighted by molar-refractivity contribution is 0.0827. The molecule has 0 fully saturated rings. The molecule has 0 aliphatic rings. The zero-order valence-electron chi connectivity index (χ0n) is 15.2.